The van der Waals surface area contributed by atoms with Crippen molar-refractivity contribution in [1.82, 2.24) is 10.6 Å². The number of methoxy groups -OCH3 is 1. The van der Waals surface area contributed by atoms with Crippen molar-refractivity contribution in [1.29, 1.82) is 0 Å². The summed E-state index contributed by atoms with van der Waals surface area (Å²) in [6.07, 6.45) is 0. The second kappa shape index (κ2) is 7.14. The molecule has 0 unspecified atom stereocenters. The molecule has 1 amide bonds. The quantitative estimate of drug-likeness (QED) is 0.825. The molecular weight excluding hydrogens is 240 g/mol. The average molecular weight is 264 g/mol. The summed E-state index contributed by atoms with van der Waals surface area (Å²) in [5.74, 6) is 0.927. The van der Waals surface area contributed by atoms with E-state index in [1.165, 1.54) is 0 Å². The molecule has 19 heavy (non-hydrogen) atoms. The molecule has 1 aromatic carbocycles. The molecule has 1 rings (SSSR count). The summed E-state index contributed by atoms with van der Waals surface area (Å²) in [7, 11) is 1.67. The van der Waals surface area contributed by atoms with E-state index in [2.05, 4.69) is 10.6 Å². The van der Waals surface area contributed by atoms with E-state index in [0.29, 0.717) is 19.1 Å². The highest BCUT2D eigenvalue weighted by molar-refractivity contribution is 5.78. The number of aryl methyl sites for hydroxylation is 2. The fraction of sp³-hybridized carbons (Fsp3) is 0.533. The van der Waals surface area contributed by atoms with Gasteiger partial charge in [-0.2, -0.15) is 0 Å². The topological polar surface area (TPSA) is 50.4 Å². The first kappa shape index (κ1) is 15.5. The van der Waals surface area contributed by atoms with Crippen LogP contribution in [0.3, 0.4) is 0 Å². The number of nitrogens with one attached hydrogen (secondary N) is 2. The fourth-order valence-corrected chi connectivity index (χ4v) is 2.02. The molecule has 0 saturated carbocycles. The largest absolute Gasteiger partial charge is 0.496 e. The molecule has 106 valence electrons. The summed E-state index contributed by atoms with van der Waals surface area (Å²) in [4.78, 5) is 11.6. The number of rotatable bonds is 6. The second-order valence-corrected chi connectivity index (χ2v) is 5.08. The maximum absolute atomic E-state index is 11.6. The SMILES string of the molecule is COc1c(C)cc(CNC(=O)CNC(C)C)cc1C. The van der Waals surface area contributed by atoms with Crippen LogP contribution in [-0.2, 0) is 11.3 Å². The number of benzene rings is 1. The van der Waals surface area contributed by atoms with Gasteiger partial charge in [0.15, 0.2) is 0 Å². The zero-order chi connectivity index (χ0) is 14.4. The van der Waals surface area contributed by atoms with Gasteiger partial charge >= 0.3 is 0 Å². The normalized spacial score (nSPS) is 10.6. The van der Waals surface area contributed by atoms with Gasteiger partial charge in [-0.1, -0.05) is 26.0 Å². The van der Waals surface area contributed by atoms with Crippen LogP contribution < -0.4 is 15.4 Å². The van der Waals surface area contributed by atoms with Gasteiger partial charge in [-0.3, -0.25) is 4.79 Å². The Balaban J connectivity index is 2.56. The number of carbonyl (C=O) groups excluding carboxylic acids is 1. The minimum atomic E-state index is 0.0137. The molecule has 0 spiro atoms. The van der Waals surface area contributed by atoms with Crippen LogP contribution in [0.5, 0.6) is 5.75 Å². The Hall–Kier alpha value is -1.55. The van der Waals surface area contributed by atoms with Gasteiger partial charge in [0.2, 0.25) is 5.91 Å². The fourth-order valence-electron chi connectivity index (χ4n) is 2.02. The number of amides is 1. The third kappa shape index (κ3) is 4.91. The van der Waals surface area contributed by atoms with E-state index in [1.807, 2.05) is 39.8 Å². The summed E-state index contributed by atoms with van der Waals surface area (Å²) >= 11 is 0. The summed E-state index contributed by atoms with van der Waals surface area (Å²) in [5, 5.41) is 5.99. The molecule has 4 nitrogen and oxygen atoms in total. The van der Waals surface area contributed by atoms with Gasteiger partial charge in [-0.15, -0.1) is 0 Å². The monoisotopic (exact) mass is 264 g/mol. The van der Waals surface area contributed by atoms with Crippen LogP contribution in [0.15, 0.2) is 12.1 Å². The molecule has 0 bridgehead atoms. The van der Waals surface area contributed by atoms with Crippen LogP contribution in [0.1, 0.15) is 30.5 Å². The maximum Gasteiger partial charge on any atom is 0.234 e. The first-order chi connectivity index (χ1) is 8.93. The van der Waals surface area contributed by atoms with Gasteiger partial charge in [0.25, 0.3) is 0 Å². The van der Waals surface area contributed by atoms with Gasteiger partial charge in [0.05, 0.1) is 13.7 Å². The molecule has 0 aliphatic heterocycles. The Labute approximate surface area is 115 Å². The van der Waals surface area contributed by atoms with Crippen molar-refractivity contribution in [3.8, 4) is 5.75 Å². The standard InChI is InChI=1S/C15H24N2O2/c1-10(2)16-9-14(18)17-8-13-6-11(3)15(19-5)12(4)7-13/h6-7,10,16H,8-9H2,1-5H3,(H,17,18). The van der Waals surface area contributed by atoms with Crippen molar-refractivity contribution < 1.29 is 9.53 Å². The molecular formula is C15H24N2O2. The Morgan fingerprint density at radius 3 is 2.32 bits per heavy atom. The predicted octanol–water partition coefficient (Wildman–Crippen LogP) is 1.93. The van der Waals surface area contributed by atoms with Crippen molar-refractivity contribution in [2.45, 2.75) is 40.3 Å². The van der Waals surface area contributed by atoms with Crippen LogP contribution >= 0.6 is 0 Å². The lowest BCUT2D eigenvalue weighted by molar-refractivity contribution is -0.120. The van der Waals surface area contributed by atoms with Crippen molar-refractivity contribution in [3.63, 3.8) is 0 Å². The summed E-state index contributed by atoms with van der Waals surface area (Å²) in [6.45, 7) is 8.96. The van der Waals surface area contributed by atoms with E-state index in [-0.39, 0.29) is 5.91 Å². The van der Waals surface area contributed by atoms with E-state index < -0.39 is 0 Å². The van der Waals surface area contributed by atoms with Gasteiger partial charge in [-0.25, -0.2) is 0 Å². The molecule has 0 aliphatic carbocycles. The highest BCUT2D eigenvalue weighted by Gasteiger charge is 2.07. The van der Waals surface area contributed by atoms with Gasteiger partial charge < -0.3 is 15.4 Å². The highest BCUT2D eigenvalue weighted by atomic mass is 16.5. The van der Waals surface area contributed by atoms with Gasteiger partial charge in [-0.05, 0) is 30.5 Å². The number of hydrogen-bond donors (Lipinski definition) is 2. The Morgan fingerprint density at radius 1 is 1.26 bits per heavy atom. The second-order valence-electron chi connectivity index (χ2n) is 5.08. The smallest absolute Gasteiger partial charge is 0.234 e. The Morgan fingerprint density at radius 2 is 1.84 bits per heavy atom. The zero-order valence-electron chi connectivity index (χ0n) is 12.5. The van der Waals surface area contributed by atoms with Crippen LogP contribution in [0.4, 0.5) is 0 Å². The summed E-state index contributed by atoms with van der Waals surface area (Å²) in [5.41, 5.74) is 3.27. The lowest BCUT2D eigenvalue weighted by atomic mass is 10.1. The highest BCUT2D eigenvalue weighted by Crippen LogP contribution is 2.24. The van der Waals surface area contributed by atoms with Crippen LogP contribution in [0, 0.1) is 13.8 Å². The van der Waals surface area contributed by atoms with E-state index in [9.17, 15) is 4.79 Å². The minimum absolute atomic E-state index is 0.0137. The summed E-state index contributed by atoms with van der Waals surface area (Å²) < 4.78 is 5.32. The lowest BCUT2D eigenvalue weighted by Gasteiger charge is -2.12. The molecule has 0 radical (unpaired) electrons. The van der Waals surface area contributed by atoms with E-state index >= 15 is 0 Å². The number of ether oxygens (including phenoxy) is 1. The van der Waals surface area contributed by atoms with Crippen molar-refractivity contribution in [2.24, 2.45) is 0 Å². The predicted molar refractivity (Wildman–Crippen MR) is 77.5 cm³/mol. The first-order valence-electron chi connectivity index (χ1n) is 6.58. The van der Waals surface area contributed by atoms with Crippen LogP contribution in [0.2, 0.25) is 0 Å². The van der Waals surface area contributed by atoms with Crippen molar-refractivity contribution in [2.75, 3.05) is 13.7 Å². The maximum atomic E-state index is 11.6. The number of carbonyl (C=O) groups is 1. The van der Waals surface area contributed by atoms with E-state index in [0.717, 1.165) is 22.4 Å². The molecule has 4 heteroatoms. The molecule has 0 saturated heterocycles. The molecule has 1 aromatic rings. The third-order valence-electron chi connectivity index (χ3n) is 2.88. The first-order valence-corrected chi connectivity index (χ1v) is 6.58. The third-order valence-corrected chi connectivity index (χ3v) is 2.88. The molecule has 0 fully saturated rings. The van der Waals surface area contributed by atoms with Crippen molar-refractivity contribution in [3.05, 3.63) is 28.8 Å². The molecule has 0 aliphatic rings. The lowest BCUT2D eigenvalue weighted by Crippen LogP contribution is -2.36. The van der Waals surface area contributed by atoms with Crippen molar-refractivity contribution >= 4 is 5.91 Å². The van der Waals surface area contributed by atoms with E-state index in [1.54, 1.807) is 7.11 Å². The molecule has 2 N–H and O–H groups in total. The number of hydrogen-bond acceptors (Lipinski definition) is 3. The van der Waals surface area contributed by atoms with Crippen LogP contribution in [0.25, 0.3) is 0 Å². The molecule has 0 atom stereocenters. The van der Waals surface area contributed by atoms with Gasteiger partial charge in [0, 0.05) is 12.6 Å². The van der Waals surface area contributed by atoms with Gasteiger partial charge in [0.1, 0.15) is 5.75 Å². The zero-order valence-corrected chi connectivity index (χ0v) is 12.5. The summed E-state index contributed by atoms with van der Waals surface area (Å²) in [6, 6.07) is 4.40. The Bertz CT molecular complexity index is 419. The average Bonchev–Trinajstić information content (AvgIpc) is 2.33. The van der Waals surface area contributed by atoms with Crippen LogP contribution in [-0.4, -0.2) is 25.6 Å². The molecule has 0 aromatic heterocycles. The van der Waals surface area contributed by atoms with E-state index in [4.69, 9.17) is 4.74 Å². The molecule has 0 heterocycles. The minimum Gasteiger partial charge on any atom is -0.496 e. The Kier molecular flexibility index (Phi) is 5.83.